The molecule has 33 heavy (non-hydrogen) atoms. The van der Waals surface area contributed by atoms with Crippen molar-refractivity contribution in [2.45, 2.75) is 51.6 Å². The van der Waals surface area contributed by atoms with E-state index in [0.29, 0.717) is 18.4 Å². The second-order valence-corrected chi connectivity index (χ2v) is 8.02. The summed E-state index contributed by atoms with van der Waals surface area (Å²) < 4.78 is 44.7. The predicted octanol–water partition coefficient (Wildman–Crippen LogP) is 7.45. The summed E-state index contributed by atoms with van der Waals surface area (Å²) in [4.78, 5) is 17.3. The standard InChI is InChI=1S/C27H28F3NO2/c1-4-13-26(5-2,25(32)33-6-3)24-17-21(16-22(18-24)20-11-14-31-15-12-20)19-7-9-23(10-8-19)27(28,29)30/h7-12,14-18H,4-6,13H2,1-3H3. The van der Waals surface area contributed by atoms with Gasteiger partial charge in [0.05, 0.1) is 17.6 Å². The van der Waals surface area contributed by atoms with Gasteiger partial charge in [-0.05, 0) is 90.0 Å². The van der Waals surface area contributed by atoms with Crippen LogP contribution in [0, 0.1) is 0 Å². The van der Waals surface area contributed by atoms with Gasteiger partial charge in [0.2, 0.25) is 0 Å². The molecule has 3 nitrogen and oxygen atoms in total. The quantitative estimate of drug-likeness (QED) is 0.331. The van der Waals surface area contributed by atoms with Crippen LogP contribution in [0.1, 0.15) is 51.2 Å². The van der Waals surface area contributed by atoms with E-state index >= 15 is 0 Å². The van der Waals surface area contributed by atoms with E-state index in [-0.39, 0.29) is 12.6 Å². The normalized spacial score (nSPS) is 13.4. The van der Waals surface area contributed by atoms with Crippen LogP contribution in [0.2, 0.25) is 0 Å². The number of hydrogen-bond donors (Lipinski definition) is 0. The molecule has 0 amide bonds. The zero-order valence-corrected chi connectivity index (χ0v) is 19.1. The van der Waals surface area contributed by atoms with Crippen molar-refractivity contribution in [3.05, 3.63) is 78.1 Å². The third-order valence-corrected chi connectivity index (χ3v) is 5.99. The molecule has 0 aliphatic carbocycles. The van der Waals surface area contributed by atoms with Crippen LogP contribution < -0.4 is 0 Å². The summed E-state index contributed by atoms with van der Waals surface area (Å²) in [7, 11) is 0. The number of ether oxygens (including phenoxy) is 1. The lowest BCUT2D eigenvalue weighted by molar-refractivity contribution is -0.150. The molecule has 2 aromatic carbocycles. The lowest BCUT2D eigenvalue weighted by Gasteiger charge is -2.31. The van der Waals surface area contributed by atoms with Gasteiger partial charge in [0.25, 0.3) is 0 Å². The zero-order chi connectivity index (χ0) is 24.1. The summed E-state index contributed by atoms with van der Waals surface area (Å²) in [6.45, 7) is 6.04. The molecule has 3 rings (SSSR count). The lowest BCUT2D eigenvalue weighted by Crippen LogP contribution is -2.37. The molecule has 1 heterocycles. The minimum Gasteiger partial charge on any atom is -0.465 e. The summed E-state index contributed by atoms with van der Waals surface area (Å²) in [5.41, 5.74) is 2.42. The Bertz CT molecular complexity index is 1080. The molecule has 0 saturated carbocycles. The highest BCUT2D eigenvalue weighted by molar-refractivity contribution is 5.85. The molecule has 0 N–H and O–H groups in total. The molecule has 1 atom stereocenters. The molecule has 3 aromatic rings. The number of pyridine rings is 1. The smallest absolute Gasteiger partial charge is 0.416 e. The molecule has 6 heteroatoms. The number of carbonyl (C=O) groups is 1. The molecule has 0 fully saturated rings. The average Bonchev–Trinajstić information content (AvgIpc) is 2.82. The van der Waals surface area contributed by atoms with Crippen molar-refractivity contribution in [1.82, 2.24) is 4.98 Å². The van der Waals surface area contributed by atoms with Crippen LogP contribution in [-0.2, 0) is 21.1 Å². The third kappa shape index (κ3) is 5.27. The van der Waals surface area contributed by atoms with E-state index in [9.17, 15) is 18.0 Å². The number of rotatable bonds is 8. The number of esters is 1. The Morgan fingerprint density at radius 1 is 0.818 bits per heavy atom. The number of hydrogen-bond acceptors (Lipinski definition) is 3. The largest absolute Gasteiger partial charge is 0.465 e. The molecule has 0 bridgehead atoms. The summed E-state index contributed by atoms with van der Waals surface area (Å²) >= 11 is 0. The van der Waals surface area contributed by atoms with E-state index in [0.717, 1.165) is 40.8 Å². The molecular formula is C27H28F3NO2. The van der Waals surface area contributed by atoms with Gasteiger partial charge in [-0.1, -0.05) is 32.4 Å². The highest BCUT2D eigenvalue weighted by Gasteiger charge is 2.39. The number of benzene rings is 2. The highest BCUT2D eigenvalue weighted by atomic mass is 19.4. The van der Waals surface area contributed by atoms with Crippen LogP contribution in [0.3, 0.4) is 0 Å². The lowest BCUT2D eigenvalue weighted by atomic mass is 9.73. The number of aromatic nitrogens is 1. The Labute approximate surface area is 192 Å². The summed E-state index contributed by atoms with van der Waals surface area (Å²) in [5.74, 6) is -0.278. The molecule has 0 aliphatic rings. The fourth-order valence-corrected chi connectivity index (χ4v) is 4.22. The van der Waals surface area contributed by atoms with Gasteiger partial charge in [0.1, 0.15) is 0 Å². The van der Waals surface area contributed by atoms with Gasteiger partial charge in [0.15, 0.2) is 0 Å². The van der Waals surface area contributed by atoms with Crippen molar-refractivity contribution in [3.63, 3.8) is 0 Å². The molecule has 0 aliphatic heterocycles. The summed E-state index contributed by atoms with van der Waals surface area (Å²) in [6, 6.07) is 14.7. The van der Waals surface area contributed by atoms with E-state index in [1.807, 2.05) is 44.2 Å². The van der Waals surface area contributed by atoms with Gasteiger partial charge in [-0.15, -0.1) is 0 Å². The Kier molecular flexibility index (Phi) is 7.57. The Balaban J connectivity index is 2.22. The fourth-order valence-electron chi connectivity index (χ4n) is 4.22. The van der Waals surface area contributed by atoms with Crippen LogP contribution in [0.5, 0.6) is 0 Å². The highest BCUT2D eigenvalue weighted by Crippen LogP contribution is 2.40. The van der Waals surface area contributed by atoms with Crippen molar-refractivity contribution in [2.75, 3.05) is 6.61 Å². The second-order valence-electron chi connectivity index (χ2n) is 8.02. The third-order valence-electron chi connectivity index (χ3n) is 5.99. The van der Waals surface area contributed by atoms with E-state index in [1.165, 1.54) is 12.1 Å². The Morgan fingerprint density at radius 3 is 1.88 bits per heavy atom. The maximum absolute atomic E-state index is 13.2. The van der Waals surface area contributed by atoms with Gasteiger partial charge in [-0.3, -0.25) is 9.78 Å². The van der Waals surface area contributed by atoms with Crippen LogP contribution in [0.15, 0.2) is 67.0 Å². The maximum atomic E-state index is 13.2. The van der Waals surface area contributed by atoms with Crippen LogP contribution >= 0.6 is 0 Å². The molecule has 1 aromatic heterocycles. The molecule has 0 radical (unpaired) electrons. The van der Waals surface area contributed by atoms with Crippen molar-refractivity contribution in [1.29, 1.82) is 0 Å². The SMILES string of the molecule is CCCC(CC)(C(=O)OCC)c1cc(-c2ccncc2)cc(-c2ccc(C(F)(F)F)cc2)c1. The zero-order valence-electron chi connectivity index (χ0n) is 19.1. The molecule has 174 valence electrons. The fraction of sp³-hybridized carbons (Fsp3) is 0.333. The van der Waals surface area contributed by atoms with Crippen LogP contribution in [0.4, 0.5) is 13.2 Å². The van der Waals surface area contributed by atoms with E-state index < -0.39 is 17.2 Å². The predicted molar refractivity (Wildman–Crippen MR) is 124 cm³/mol. The van der Waals surface area contributed by atoms with Gasteiger partial charge in [0, 0.05) is 12.4 Å². The first-order valence-electron chi connectivity index (χ1n) is 11.2. The molecule has 1 unspecified atom stereocenters. The molecule has 0 spiro atoms. The van der Waals surface area contributed by atoms with Gasteiger partial charge in [-0.2, -0.15) is 13.2 Å². The van der Waals surface area contributed by atoms with Crippen LogP contribution in [-0.4, -0.2) is 17.6 Å². The van der Waals surface area contributed by atoms with Crippen molar-refractivity contribution in [2.24, 2.45) is 0 Å². The molecule has 0 saturated heterocycles. The topological polar surface area (TPSA) is 39.2 Å². The van der Waals surface area contributed by atoms with Crippen molar-refractivity contribution >= 4 is 5.97 Å². The van der Waals surface area contributed by atoms with E-state index in [2.05, 4.69) is 4.98 Å². The summed E-state index contributed by atoms with van der Waals surface area (Å²) in [5, 5.41) is 0. The number of nitrogens with zero attached hydrogens (tertiary/aromatic N) is 1. The Hall–Kier alpha value is -3.15. The van der Waals surface area contributed by atoms with Crippen molar-refractivity contribution < 1.29 is 22.7 Å². The monoisotopic (exact) mass is 455 g/mol. The number of halogens is 3. The van der Waals surface area contributed by atoms with E-state index in [1.54, 1.807) is 19.3 Å². The first-order valence-corrected chi connectivity index (χ1v) is 11.2. The van der Waals surface area contributed by atoms with Gasteiger partial charge < -0.3 is 4.74 Å². The first-order chi connectivity index (χ1) is 15.7. The van der Waals surface area contributed by atoms with Gasteiger partial charge >= 0.3 is 12.1 Å². The van der Waals surface area contributed by atoms with E-state index in [4.69, 9.17) is 4.74 Å². The number of alkyl halides is 3. The van der Waals surface area contributed by atoms with Gasteiger partial charge in [-0.25, -0.2) is 0 Å². The first kappa shape index (κ1) is 24.5. The second kappa shape index (κ2) is 10.2. The van der Waals surface area contributed by atoms with Crippen LogP contribution in [0.25, 0.3) is 22.3 Å². The molecular weight excluding hydrogens is 427 g/mol. The number of carbonyl (C=O) groups excluding carboxylic acids is 1. The summed E-state index contributed by atoms with van der Waals surface area (Å²) in [6.07, 6.45) is 0.905. The minimum absolute atomic E-state index is 0.278. The van der Waals surface area contributed by atoms with Crippen molar-refractivity contribution in [3.8, 4) is 22.3 Å². The average molecular weight is 456 g/mol. The Morgan fingerprint density at radius 2 is 1.39 bits per heavy atom. The maximum Gasteiger partial charge on any atom is 0.416 e. The minimum atomic E-state index is -4.40.